The number of fused-ring (bicyclic) bond motifs is 1. The second-order valence-corrected chi connectivity index (χ2v) is 9.83. The Morgan fingerprint density at radius 1 is 1.22 bits per heavy atom. The summed E-state index contributed by atoms with van der Waals surface area (Å²) in [4.78, 5) is 52.1. The number of nitrogens with one attached hydrogen (secondary N) is 2. The number of nitrogens with zero attached hydrogens (tertiary/aromatic N) is 1. The summed E-state index contributed by atoms with van der Waals surface area (Å²) in [7, 11) is 0. The van der Waals surface area contributed by atoms with Crippen molar-refractivity contribution in [2.24, 2.45) is 17.8 Å². The molecule has 0 spiro atoms. The van der Waals surface area contributed by atoms with Gasteiger partial charge in [-0.15, -0.1) is 13.2 Å². The molecule has 3 saturated heterocycles. The van der Waals surface area contributed by atoms with Crippen LogP contribution in [0.5, 0.6) is 0 Å². The number of halogens is 5. The third kappa shape index (κ3) is 5.63. The molecule has 0 aromatic carbocycles. The number of amides is 3. The predicted octanol–water partition coefficient (Wildman–Crippen LogP) is 1.15. The summed E-state index contributed by atoms with van der Waals surface area (Å²) in [6.07, 6.45) is -5.65. The molecule has 0 bridgehead atoms. The van der Waals surface area contributed by atoms with Crippen LogP contribution < -0.4 is 10.6 Å². The largest absolute Gasteiger partial charge is 0.522 e. The molecule has 3 amide bonds. The minimum absolute atomic E-state index is 0.0678. The van der Waals surface area contributed by atoms with E-state index in [2.05, 4.69) is 15.4 Å². The normalized spacial score (nSPS) is 32.3. The van der Waals surface area contributed by atoms with Gasteiger partial charge in [-0.3, -0.25) is 23.9 Å². The Morgan fingerprint density at radius 2 is 1.97 bits per heavy atom. The Bertz CT molecular complexity index is 900. The van der Waals surface area contributed by atoms with Crippen molar-refractivity contribution < 1.29 is 50.6 Å². The van der Waals surface area contributed by atoms with Gasteiger partial charge in [-0.1, -0.05) is 6.42 Å². The van der Waals surface area contributed by atoms with E-state index in [9.17, 15) is 41.1 Å². The molecule has 6 atom stereocenters. The number of likely N-dealkylation sites (tertiary alicyclic amines) is 1. The Kier molecular flexibility index (Phi) is 7.56. The van der Waals surface area contributed by atoms with Gasteiger partial charge in [0.15, 0.2) is 11.9 Å². The van der Waals surface area contributed by atoms with Gasteiger partial charge in [0.2, 0.25) is 11.8 Å². The van der Waals surface area contributed by atoms with Gasteiger partial charge in [-0.2, -0.15) is 0 Å². The molecule has 202 valence electrons. The molecular weight excluding hydrogens is 497 g/mol. The Hall–Kier alpha value is -2.35. The number of carbonyl (C=O) groups is 4. The van der Waals surface area contributed by atoms with E-state index in [4.69, 9.17) is 4.74 Å². The zero-order valence-corrected chi connectivity index (χ0v) is 19.3. The van der Waals surface area contributed by atoms with Crippen LogP contribution in [0.4, 0.5) is 22.0 Å². The van der Waals surface area contributed by atoms with Crippen LogP contribution in [0.15, 0.2) is 0 Å². The Morgan fingerprint density at radius 3 is 2.58 bits per heavy atom. The summed E-state index contributed by atoms with van der Waals surface area (Å²) in [5.74, 6) is -7.90. The predicted molar refractivity (Wildman–Crippen MR) is 110 cm³/mol. The quantitative estimate of drug-likeness (QED) is 0.460. The zero-order chi connectivity index (χ0) is 26.3. The van der Waals surface area contributed by atoms with Gasteiger partial charge in [0, 0.05) is 25.4 Å². The molecule has 4 fully saturated rings. The van der Waals surface area contributed by atoms with E-state index in [0.29, 0.717) is 25.8 Å². The van der Waals surface area contributed by atoms with E-state index in [0.717, 1.165) is 11.3 Å². The van der Waals surface area contributed by atoms with E-state index in [-0.39, 0.29) is 31.4 Å². The zero-order valence-electron chi connectivity index (χ0n) is 19.3. The molecule has 2 N–H and O–H groups in total. The number of alkyl halides is 5. The second-order valence-electron chi connectivity index (χ2n) is 9.83. The van der Waals surface area contributed by atoms with Gasteiger partial charge in [0.05, 0.1) is 12.6 Å². The highest BCUT2D eigenvalue weighted by Gasteiger charge is 2.56. The van der Waals surface area contributed by atoms with Crippen molar-refractivity contribution in [1.82, 2.24) is 15.5 Å². The van der Waals surface area contributed by atoms with E-state index in [1.165, 1.54) is 0 Å². The first kappa shape index (κ1) is 26.7. The Balaban J connectivity index is 1.52. The van der Waals surface area contributed by atoms with Crippen molar-refractivity contribution in [3.8, 4) is 0 Å². The number of ketones is 1. The molecule has 0 radical (unpaired) electrons. The van der Waals surface area contributed by atoms with Gasteiger partial charge >= 0.3 is 6.36 Å². The van der Waals surface area contributed by atoms with Crippen LogP contribution >= 0.6 is 0 Å². The van der Waals surface area contributed by atoms with Crippen molar-refractivity contribution in [3.63, 3.8) is 0 Å². The van der Waals surface area contributed by atoms with Crippen LogP contribution in [-0.2, 0) is 28.7 Å². The number of rotatable bonds is 8. The lowest BCUT2D eigenvalue weighted by Crippen LogP contribution is -2.56. The highest BCUT2D eigenvalue weighted by Crippen LogP contribution is 2.44. The first-order valence-corrected chi connectivity index (χ1v) is 12.0. The van der Waals surface area contributed by atoms with Gasteiger partial charge < -0.3 is 20.3 Å². The molecule has 9 nitrogen and oxygen atoms in total. The number of hydrogen-bond donors (Lipinski definition) is 2. The van der Waals surface area contributed by atoms with E-state index >= 15 is 0 Å². The molecule has 0 aromatic rings. The topological polar surface area (TPSA) is 114 Å². The summed E-state index contributed by atoms with van der Waals surface area (Å²) < 4.78 is 74.6. The van der Waals surface area contributed by atoms with Gasteiger partial charge in [0.25, 0.3) is 11.8 Å². The van der Waals surface area contributed by atoms with E-state index < -0.39 is 72.9 Å². The second kappa shape index (κ2) is 10.2. The van der Waals surface area contributed by atoms with Crippen molar-refractivity contribution in [3.05, 3.63) is 0 Å². The molecular formula is C22H28F5N3O6. The lowest BCUT2D eigenvalue weighted by Gasteiger charge is -2.31. The molecule has 4 rings (SSSR count). The van der Waals surface area contributed by atoms with Crippen molar-refractivity contribution in [1.29, 1.82) is 0 Å². The fourth-order valence-electron chi connectivity index (χ4n) is 5.77. The highest BCUT2D eigenvalue weighted by atomic mass is 19.4. The maximum Gasteiger partial charge on any atom is 0.522 e. The van der Waals surface area contributed by atoms with Crippen LogP contribution in [0.25, 0.3) is 0 Å². The van der Waals surface area contributed by atoms with Crippen LogP contribution in [0, 0.1) is 17.8 Å². The number of carbonyl (C=O) groups excluding carboxylic acids is 4. The summed E-state index contributed by atoms with van der Waals surface area (Å²) in [5.41, 5.74) is 0. The van der Waals surface area contributed by atoms with Gasteiger partial charge in [-0.25, -0.2) is 8.78 Å². The molecule has 6 unspecified atom stereocenters. The van der Waals surface area contributed by atoms with Gasteiger partial charge in [-0.05, 0) is 37.5 Å². The number of ether oxygens (including phenoxy) is 2. The van der Waals surface area contributed by atoms with E-state index in [1.54, 1.807) is 0 Å². The summed E-state index contributed by atoms with van der Waals surface area (Å²) in [5, 5.41) is 4.97. The molecule has 4 aliphatic rings. The number of Topliss-reactive ketones (excluding diaryl/α,β-unsaturated/α-hetero) is 1. The fraction of sp³-hybridized carbons (Fsp3) is 0.818. The maximum atomic E-state index is 14.2. The van der Waals surface area contributed by atoms with Crippen LogP contribution in [0.2, 0.25) is 0 Å². The first-order chi connectivity index (χ1) is 16.9. The summed E-state index contributed by atoms with van der Waals surface area (Å²) >= 11 is 0. The lowest BCUT2D eigenvalue weighted by atomic mass is 9.92. The van der Waals surface area contributed by atoms with E-state index in [1.807, 2.05) is 0 Å². The summed E-state index contributed by atoms with van der Waals surface area (Å²) in [6, 6.07) is -2.67. The van der Waals surface area contributed by atoms with Crippen molar-refractivity contribution >= 4 is 23.5 Å². The molecule has 14 heteroatoms. The third-order valence-electron chi connectivity index (χ3n) is 7.54. The number of hydrogen-bond acceptors (Lipinski definition) is 6. The minimum atomic E-state index is -5.08. The minimum Gasteiger partial charge on any atom is -0.362 e. The van der Waals surface area contributed by atoms with Crippen molar-refractivity contribution in [2.45, 2.75) is 69.0 Å². The monoisotopic (exact) mass is 525 g/mol. The average molecular weight is 525 g/mol. The lowest BCUT2D eigenvalue weighted by molar-refractivity contribution is -0.321. The summed E-state index contributed by atoms with van der Waals surface area (Å²) in [6.45, 7) is -1.29. The SMILES string of the molecule is O=C1NCCC1CC(NC(=O)C1C2CCCC2CN1C(=O)C1OCCC1(F)F)C(=O)COC(F)(F)F. The van der Waals surface area contributed by atoms with Crippen LogP contribution in [0.1, 0.15) is 38.5 Å². The smallest absolute Gasteiger partial charge is 0.362 e. The molecule has 1 saturated carbocycles. The first-order valence-electron chi connectivity index (χ1n) is 12.0. The standard InChI is InChI=1S/C22H28F5N3O6/c23-21(24)5-7-35-17(21)20(34)30-9-12-2-1-3-13(12)16(30)19(33)29-14(8-11-4-6-28-18(11)32)15(31)10-36-22(25,26)27/h11-14,16-17H,1-10H2,(H,28,32)(H,29,33). The average Bonchev–Trinajstić information content (AvgIpc) is 3.55. The maximum absolute atomic E-state index is 14.2. The Labute approximate surface area is 203 Å². The third-order valence-corrected chi connectivity index (χ3v) is 7.54. The molecule has 3 aliphatic heterocycles. The van der Waals surface area contributed by atoms with Crippen LogP contribution in [0.3, 0.4) is 0 Å². The van der Waals surface area contributed by atoms with Crippen molar-refractivity contribution in [2.75, 3.05) is 26.3 Å². The molecule has 0 aromatic heterocycles. The molecule has 3 heterocycles. The van der Waals surface area contributed by atoms with Gasteiger partial charge in [0.1, 0.15) is 12.6 Å². The highest BCUT2D eigenvalue weighted by molar-refractivity contribution is 5.95. The molecule has 1 aliphatic carbocycles. The van der Waals surface area contributed by atoms with Crippen LogP contribution in [-0.4, -0.2) is 85.2 Å². The fourth-order valence-corrected chi connectivity index (χ4v) is 5.77. The molecule has 36 heavy (non-hydrogen) atoms.